The van der Waals surface area contributed by atoms with Gasteiger partial charge in [0.05, 0.1) is 10.6 Å². The fourth-order valence-electron chi connectivity index (χ4n) is 2.16. The maximum Gasteiger partial charge on any atom is 0.245 e. The number of phenols is 1. The van der Waals surface area contributed by atoms with Crippen LogP contribution in [0.4, 0.5) is 5.69 Å². The molecule has 2 aromatic rings. The lowest BCUT2D eigenvalue weighted by Gasteiger charge is -2.24. The number of Topliss-reactive ketones (excluding diaryl/α,β-unsaturated/α-hetero) is 1. The summed E-state index contributed by atoms with van der Waals surface area (Å²) in [5.41, 5.74) is 0.258. The Morgan fingerprint density at radius 1 is 1.08 bits per heavy atom. The van der Waals surface area contributed by atoms with E-state index in [1.54, 1.807) is 12.1 Å². The van der Waals surface area contributed by atoms with Gasteiger partial charge in [-0.25, -0.2) is 8.42 Å². The fraction of sp³-hybridized carbons (Fsp3) is 0.222. The summed E-state index contributed by atoms with van der Waals surface area (Å²) in [6, 6.07) is 9.94. The van der Waals surface area contributed by atoms with Crippen LogP contribution in [0.2, 0.25) is 0 Å². The van der Waals surface area contributed by atoms with Crippen molar-refractivity contribution in [3.05, 3.63) is 52.5 Å². The molecular weight excluding hydrogens is 422 g/mol. The SMILES string of the molecule is CC(=O)c1ccc(O)c(NC(=O)C(C)(C)S(=O)(=O)c2ccc(Br)cc2)c1. The Labute approximate surface area is 160 Å². The third kappa shape index (κ3) is 3.81. The Kier molecular flexibility index (Phi) is 5.58. The molecule has 0 aromatic heterocycles. The normalized spacial score (nSPS) is 11.8. The van der Waals surface area contributed by atoms with Crippen LogP contribution in [0.25, 0.3) is 0 Å². The lowest BCUT2D eigenvalue weighted by atomic mass is 10.1. The second kappa shape index (κ2) is 7.20. The Morgan fingerprint density at radius 2 is 1.65 bits per heavy atom. The van der Waals surface area contributed by atoms with E-state index in [9.17, 15) is 23.1 Å². The molecule has 0 aliphatic rings. The smallest absolute Gasteiger partial charge is 0.245 e. The fourth-order valence-corrected chi connectivity index (χ4v) is 3.80. The molecule has 0 saturated carbocycles. The maximum atomic E-state index is 12.9. The number of hydrogen-bond donors (Lipinski definition) is 2. The van der Waals surface area contributed by atoms with Crippen molar-refractivity contribution in [2.75, 3.05) is 5.32 Å². The predicted octanol–water partition coefficient (Wildman–Crippen LogP) is 3.55. The summed E-state index contributed by atoms with van der Waals surface area (Å²) in [6.07, 6.45) is 0. The van der Waals surface area contributed by atoms with Crippen LogP contribution in [0, 0.1) is 0 Å². The van der Waals surface area contributed by atoms with Crippen LogP contribution in [-0.2, 0) is 14.6 Å². The molecule has 2 N–H and O–H groups in total. The van der Waals surface area contributed by atoms with E-state index in [4.69, 9.17) is 0 Å². The summed E-state index contributed by atoms with van der Waals surface area (Å²) in [5, 5.41) is 12.3. The van der Waals surface area contributed by atoms with E-state index in [1.807, 2.05) is 0 Å². The molecule has 26 heavy (non-hydrogen) atoms. The molecule has 2 rings (SSSR count). The molecule has 8 heteroatoms. The molecule has 1 amide bonds. The van der Waals surface area contributed by atoms with E-state index in [0.717, 1.165) is 0 Å². The van der Waals surface area contributed by atoms with Crippen LogP contribution < -0.4 is 5.32 Å². The number of anilines is 1. The van der Waals surface area contributed by atoms with Crippen LogP contribution in [0.15, 0.2) is 51.8 Å². The molecule has 0 aliphatic heterocycles. The zero-order valence-electron chi connectivity index (χ0n) is 14.4. The van der Waals surface area contributed by atoms with Gasteiger partial charge in [-0.3, -0.25) is 9.59 Å². The molecule has 138 valence electrons. The van der Waals surface area contributed by atoms with Gasteiger partial charge in [0.1, 0.15) is 10.5 Å². The quantitative estimate of drug-likeness (QED) is 0.547. The van der Waals surface area contributed by atoms with Crippen molar-refractivity contribution in [1.82, 2.24) is 0 Å². The number of amides is 1. The molecule has 0 unspecified atom stereocenters. The second-order valence-electron chi connectivity index (χ2n) is 6.21. The zero-order chi connectivity index (χ0) is 19.7. The minimum absolute atomic E-state index is 0.00237. The number of sulfone groups is 1. The van der Waals surface area contributed by atoms with Crippen LogP contribution >= 0.6 is 15.9 Å². The first-order chi connectivity index (χ1) is 12.0. The van der Waals surface area contributed by atoms with Crippen molar-refractivity contribution in [2.24, 2.45) is 0 Å². The molecule has 0 atom stereocenters. The molecule has 0 spiro atoms. The molecule has 2 aromatic carbocycles. The monoisotopic (exact) mass is 439 g/mol. The number of carbonyl (C=O) groups is 2. The average molecular weight is 440 g/mol. The van der Waals surface area contributed by atoms with Gasteiger partial charge in [-0.05, 0) is 63.2 Å². The summed E-state index contributed by atoms with van der Waals surface area (Å²) in [7, 11) is -4.00. The van der Waals surface area contributed by atoms with Crippen LogP contribution in [-0.4, -0.2) is 30.0 Å². The highest BCUT2D eigenvalue weighted by Gasteiger charge is 2.43. The number of phenolic OH excluding ortho intramolecular Hbond substituents is 1. The van der Waals surface area contributed by atoms with Crippen LogP contribution in [0.5, 0.6) is 5.75 Å². The Hall–Kier alpha value is -2.19. The summed E-state index contributed by atoms with van der Waals surface area (Å²) in [5.74, 6) is -1.33. The van der Waals surface area contributed by atoms with Crippen LogP contribution in [0.1, 0.15) is 31.1 Å². The highest BCUT2D eigenvalue weighted by atomic mass is 79.9. The standard InChI is InChI=1S/C18H18BrNO5S/c1-11(21)12-4-9-16(22)15(10-12)20-17(23)18(2,3)26(24,25)14-7-5-13(19)6-8-14/h4-10,22H,1-3H3,(H,20,23). The van der Waals surface area contributed by atoms with E-state index < -0.39 is 20.5 Å². The summed E-state index contributed by atoms with van der Waals surface area (Å²) >= 11 is 3.23. The summed E-state index contributed by atoms with van der Waals surface area (Å²) in [4.78, 5) is 24.1. The number of ketones is 1. The topological polar surface area (TPSA) is 101 Å². The minimum Gasteiger partial charge on any atom is -0.506 e. The number of aromatic hydroxyl groups is 1. The first-order valence-corrected chi connectivity index (χ1v) is 9.90. The lowest BCUT2D eigenvalue weighted by molar-refractivity contribution is -0.117. The highest BCUT2D eigenvalue weighted by Crippen LogP contribution is 2.30. The van der Waals surface area contributed by atoms with Crippen molar-refractivity contribution in [1.29, 1.82) is 0 Å². The lowest BCUT2D eigenvalue weighted by Crippen LogP contribution is -2.44. The van der Waals surface area contributed by atoms with Crippen molar-refractivity contribution < 1.29 is 23.1 Å². The first kappa shape index (κ1) is 20.1. The highest BCUT2D eigenvalue weighted by molar-refractivity contribution is 9.10. The van der Waals surface area contributed by atoms with Gasteiger partial charge in [0.25, 0.3) is 0 Å². The van der Waals surface area contributed by atoms with E-state index >= 15 is 0 Å². The van der Waals surface area contributed by atoms with Gasteiger partial charge in [0, 0.05) is 10.0 Å². The van der Waals surface area contributed by atoms with Gasteiger partial charge in [-0.2, -0.15) is 0 Å². The van der Waals surface area contributed by atoms with E-state index in [-0.39, 0.29) is 27.7 Å². The molecule has 0 bridgehead atoms. The number of benzene rings is 2. The van der Waals surface area contributed by atoms with E-state index in [1.165, 1.54) is 51.1 Å². The molecule has 0 heterocycles. The number of rotatable bonds is 5. The van der Waals surface area contributed by atoms with Gasteiger partial charge >= 0.3 is 0 Å². The second-order valence-corrected chi connectivity index (χ2v) is 9.62. The van der Waals surface area contributed by atoms with Crippen molar-refractivity contribution in [2.45, 2.75) is 30.4 Å². The van der Waals surface area contributed by atoms with Crippen LogP contribution in [0.3, 0.4) is 0 Å². The largest absolute Gasteiger partial charge is 0.506 e. The van der Waals surface area contributed by atoms with Gasteiger partial charge in [-0.1, -0.05) is 15.9 Å². The van der Waals surface area contributed by atoms with Gasteiger partial charge < -0.3 is 10.4 Å². The molecule has 0 saturated heterocycles. The first-order valence-electron chi connectivity index (χ1n) is 7.62. The van der Waals surface area contributed by atoms with Crippen molar-refractivity contribution in [3.8, 4) is 5.75 Å². The van der Waals surface area contributed by atoms with Gasteiger partial charge in [0.15, 0.2) is 15.6 Å². The third-order valence-corrected chi connectivity index (χ3v) is 6.94. The average Bonchev–Trinajstić information content (AvgIpc) is 2.56. The maximum absolute atomic E-state index is 12.9. The Morgan fingerprint density at radius 3 is 2.19 bits per heavy atom. The number of carbonyl (C=O) groups excluding carboxylic acids is 2. The van der Waals surface area contributed by atoms with Crippen molar-refractivity contribution >= 4 is 43.1 Å². The summed E-state index contributed by atoms with van der Waals surface area (Å²) in [6.45, 7) is 3.91. The molecule has 0 aliphatic carbocycles. The number of hydrogen-bond acceptors (Lipinski definition) is 5. The number of nitrogens with one attached hydrogen (secondary N) is 1. The molecule has 6 nitrogen and oxygen atoms in total. The Bertz CT molecular complexity index is 966. The summed E-state index contributed by atoms with van der Waals surface area (Å²) < 4.78 is 24.6. The van der Waals surface area contributed by atoms with Gasteiger partial charge in [-0.15, -0.1) is 0 Å². The molecule has 0 radical (unpaired) electrons. The van der Waals surface area contributed by atoms with E-state index in [0.29, 0.717) is 4.47 Å². The molecule has 0 fully saturated rings. The van der Waals surface area contributed by atoms with E-state index in [2.05, 4.69) is 21.2 Å². The number of halogens is 1. The van der Waals surface area contributed by atoms with Crippen molar-refractivity contribution in [3.63, 3.8) is 0 Å². The molecular formula is C18H18BrNO5S. The predicted molar refractivity (Wildman–Crippen MR) is 102 cm³/mol. The minimum atomic E-state index is -4.00. The van der Waals surface area contributed by atoms with Gasteiger partial charge in [0.2, 0.25) is 5.91 Å². The zero-order valence-corrected chi connectivity index (χ0v) is 16.8. The Balaban J connectivity index is 2.37. The third-order valence-electron chi connectivity index (χ3n) is 3.99.